The average Bonchev–Trinajstić information content (AvgIpc) is 3.17. The first-order valence-electron chi connectivity index (χ1n) is 9.18. The van der Waals surface area contributed by atoms with Gasteiger partial charge in [0.25, 0.3) is 5.91 Å². The van der Waals surface area contributed by atoms with Crippen LogP contribution < -0.4 is 10.1 Å². The summed E-state index contributed by atoms with van der Waals surface area (Å²) < 4.78 is 5.17. The number of amides is 1. The first kappa shape index (κ1) is 19.0. The molecular weight excluding hydrogens is 388 g/mol. The molecule has 0 radical (unpaired) electrons. The monoisotopic (exact) mass is 406 g/mol. The second-order valence-corrected chi connectivity index (χ2v) is 6.92. The van der Waals surface area contributed by atoms with Crippen LogP contribution in [-0.2, 0) is 6.42 Å². The number of carbonyl (C=O) groups is 1. The summed E-state index contributed by atoms with van der Waals surface area (Å²) in [4.78, 5) is 14.0. The van der Waals surface area contributed by atoms with Crippen molar-refractivity contribution >= 4 is 34.2 Å². The van der Waals surface area contributed by atoms with Crippen LogP contribution >= 0.6 is 11.6 Å². The van der Waals surface area contributed by atoms with Crippen molar-refractivity contribution in [1.82, 2.24) is 15.0 Å². The van der Waals surface area contributed by atoms with Crippen LogP contribution in [-0.4, -0.2) is 28.0 Å². The van der Waals surface area contributed by atoms with E-state index in [1.165, 1.54) is 10.4 Å². The predicted octanol–water partition coefficient (Wildman–Crippen LogP) is 4.90. The molecular formula is C22H19ClN4O2. The topological polar surface area (TPSA) is 69.0 Å². The van der Waals surface area contributed by atoms with Gasteiger partial charge >= 0.3 is 0 Å². The van der Waals surface area contributed by atoms with Gasteiger partial charge in [-0.25, -0.2) is 0 Å². The highest BCUT2D eigenvalue weighted by atomic mass is 35.5. The van der Waals surface area contributed by atoms with Gasteiger partial charge in [-0.3, -0.25) is 4.79 Å². The predicted molar refractivity (Wildman–Crippen MR) is 114 cm³/mol. The van der Waals surface area contributed by atoms with Gasteiger partial charge < -0.3 is 10.1 Å². The quantitative estimate of drug-likeness (QED) is 0.512. The van der Waals surface area contributed by atoms with Crippen molar-refractivity contribution in [2.24, 2.45) is 0 Å². The molecule has 0 aliphatic carbocycles. The number of aromatic nitrogens is 3. The van der Waals surface area contributed by atoms with Crippen molar-refractivity contribution in [1.29, 1.82) is 0 Å². The Morgan fingerprint density at radius 2 is 1.79 bits per heavy atom. The third-order valence-electron chi connectivity index (χ3n) is 4.63. The molecule has 0 unspecified atom stereocenters. The molecule has 7 heteroatoms. The van der Waals surface area contributed by atoms with Gasteiger partial charge in [-0.2, -0.15) is 4.80 Å². The maximum absolute atomic E-state index is 12.5. The molecule has 29 heavy (non-hydrogen) atoms. The Labute approximate surface area is 173 Å². The second-order valence-electron chi connectivity index (χ2n) is 6.52. The first-order valence-corrected chi connectivity index (χ1v) is 9.56. The zero-order valence-corrected chi connectivity index (χ0v) is 16.8. The molecule has 0 fully saturated rings. The van der Waals surface area contributed by atoms with Gasteiger partial charge in [0.1, 0.15) is 16.8 Å². The lowest BCUT2D eigenvalue weighted by Gasteiger charge is -2.05. The Bertz CT molecular complexity index is 1190. The van der Waals surface area contributed by atoms with Crippen molar-refractivity contribution in [3.8, 4) is 11.4 Å². The van der Waals surface area contributed by atoms with Gasteiger partial charge in [0.15, 0.2) is 0 Å². The zero-order chi connectivity index (χ0) is 20.4. The fraction of sp³-hybridized carbons (Fsp3) is 0.136. The molecule has 1 aromatic heterocycles. The highest BCUT2D eigenvalue weighted by Crippen LogP contribution is 2.27. The number of aryl methyl sites for hydroxylation is 1. The van der Waals surface area contributed by atoms with E-state index in [1.54, 1.807) is 31.4 Å². The largest absolute Gasteiger partial charge is 0.495 e. The van der Waals surface area contributed by atoms with Crippen LogP contribution in [0.25, 0.3) is 16.7 Å². The van der Waals surface area contributed by atoms with E-state index in [0.29, 0.717) is 38.7 Å². The highest BCUT2D eigenvalue weighted by molar-refractivity contribution is 6.32. The number of carbonyl (C=O) groups excluding carboxylic acids is 1. The highest BCUT2D eigenvalue weighted by Gasteiger charge is 2.10. The Morgan fingerprint density at radius 3 is 2.48 bits per heavy atom. The molecule has 0 bridgehead atoms. The number of rotatable bonds is 5. The van der Waals surface area contributed by atoms with E-state index in [9.17, 15) is 4.79 Å². The molecule has 1 amide bonds. The molecule has 1 heterocycles. The molecule has 3 aromatic carbocycles. The maximum atomic E-state index is 12.5. The number of halogens is 1. The summed E-state index contributed by atoms with van der Waals surface area (Å²) in [6.45, 7) is 2.08. The molecule has 6 nitrogen and oxygen atoms in total. The number of hydrogen-bond acceptors (Lipinski definition) is 4. The Morgan fingerprint density at radius 1 is 1.03 bits per heavy atom. The van der Waals surface area contributed by atoms with E-state index < -0.39 is 0 Å². The average molecular weight is 407 g/mol. The molecule has 0 aliphatic heterocycles. The van der Waals surface area contributed by atoms with Crippen molar-refractivity contribution in [2.45, 2.75) is 13.3 Å². The number of nitrogens with one attached hydrogen (secondary N) is 1. The standard InChI is InChI=1S/C22H19ClN4O2/c1-3-14-4-6-15(7-5-14)22(28)24-16-8-10-19-20(12-16)26-27(25-19)17-9-11-21(29-2)18(23)13-17/h4-13H,3H2,1-2H3,(H,24,28). The third-order valence-corrected chi connectivity index (χ3v) is 4.92. The minimum absolute atomic E-state index is 0.165. The van der Waals surface area contributed by atoms with E-state index in [4.69, 9.17) is 16.3 Å². The number of anilines is 1. The number of hydrogen-bond donors (Lipinski definition) is 1. The van der Waals surface area contributed by atoms with Crippen LogP contribution in [0, 0.1) is 0 Å². The molecule has 0 saturated carbocycles. The van der Waals surface area contributed by atoms with Crippen molar-refractivity contribution in [3.05, 3.63) is 76.8 Å². The summed E-state index contributed by atoms with van der Waals surface area (Å²) in [6.07, 6.45) is 0.938. The second kappa shape index (κ2) is 7.93. The zero-order valence-electron chi connectivity index (χ0n) is 16.0. The first-order chi connectivity index (χ1) is 14.1. The van der Waals surface area contributed by atoms with Gasteiger partial charge in [-0.1, -0.05) is 30.7 Å². The van der Waals surface area contributed by atoms with Crippen LogP contribution in [0.2, 0.25) is 5.02 Å². The van der Waals surface area contributed by atoms with Crippen molar-refractivity contribution < 1.29 is 9.53 Å². The van der Waals surface area contributed by atoms with Crippen LogP contribution in [0.5, 0.6) is 5.75 Å². The number of fused-ring (bicyclic) bond motifs is 1. The summed E-state index contributed by atoms with van der Waals surface area (Å²) in [6, 6.07) is 18.3. The van der Waals surface area contributed by atoms with Gasteiger partial charge in [0.05, 0.1) is 17.8 Å². The molecule has 0 spiro atoms. The molecule has 146 valence electrons. The Balaban J connectivity index is 1.58. The third kappa shape index (κ3) is 3.93. The van der Waals surface area contributed by atoms with Crippen LogP contribution in [0.1, 0.15) is 22.8 Å². The lowest BCUT2D eigenvalue weighted by molar-refractivity contribution is 0.102. The van der Waals surface area contributed by atoms with Gasteiger partial charge in [-0.15, -0.1) is 10.2 Å². The van der Waals surface area contributed by atoms with E-state index in [1.807, 2.05) is 36.4 Å². The van der Waals surface area contributed by atoms with E-state index in [-0.39, 0.29) is 5.91 Å². The van der Waals surface area contributed by atoms with E-state index in [0.717, 1.165) is 6.42 Å². The summed E-state index contributed by atoms with van der Waals surface area (Å²) in [5, 5.41) is 12.4. The Kier molecular flexibility index (Phi) is 5.18. The Hall–Kier alpha value is -3.38. The number of benzene rings is 3. The minimum Gasteiger partial charge on any atom is -0.495 e. The van der Waals surface area contributed by atoms with Gasteiger partial charge in [-0.05, 0) is 60.5 Å². The van der Waals surface area contributed by atoms with Crippen LogP contribution in [0.4, 0.5) is 5.69 Å². The summed E-state index contributed by atoms with van der Waals surface area (Å²) in [5.74, 6) is 0.422. The number of ether oxygens (including phenoxy) is 1. The minimum atomic E-state index is -0.165. The van der Waals surface area contributed by atoms with E-state index in [2.05, 4.69) is 22.4 Å². The summed E-state index contributed by atoms with van der Waals surface area (Å²) >= 11 is 6.20. The molecule has 0 atom stereocenters. The maximum Gasteiger partial charge on any atom is 0.255 e. The molecule has 1 N–H and O–H groups in total. The number of nitrogens with zero attached hydrogens (tertiary/aromatic N) is 3. The molecule has 4 aromatic rings. The summed E-state index contributed by atoms with van der Waals surface area (Å²) in [5.41, 5.74) is 4.55. The molecule has 0 aliphatic rings. The molecule has 4 rings (SSSR count). The van der Waals surface area contributed by atoms with Crippen molar-refractivity contribution in [3.63, 3.8) is 0 Å². The van der Waals surface area contributed by atoms with Crippen LogP contribution in [0.15, 0.2) is 60.7 Å². The SMILES string of the molecule is CCc1ccc(C(=O)Nc2ccc3nn(-c4ccc(OC)c(Cl)c4)nc3c2)cc1. The fourth-order valence-electron chi connectivity index (χ4n) is 2.98. The van der Waals surface area contributed by atoms with Crippen LogP contribution in [0.3, 0.4) is 0 Å². The molecule has 0 saturated heterocycles. The summed E-state index contributed by atoms with van der Waals surface area (Å²) in [7, 11) is 1.56. The normalized spacial score (nSPS) is 10.9. The van der Waals surface area contributed by atoms with Gasteiger partial charge in [0.2, 0.25) is 0 Å². The number of methoxy groups -OCH3 is 1. The van der Waals surface area contributed by atoms with E-state index >= 15 is 0 Å². The lowest BCUT2D eigenvalue weighted by atomic mass is 10.1. The van der Waals surface area contributed by atoms with Crippen molar-refractivity contribution in [2.75, 3.05) is 12.4 Å². The van der Waals surface area contributed by atoms with Gasteiger partial charge in [0, 0.05) is 11.3 Å². The fourth-order valence-corrected chi connectivity index (χ4v) is 3.23. The lowest BCUT2D eigenvalue weighted by Crippen LogP contribution is -2.11. The smallest absolute Gasteiger partial charge is 0.255 e.